The Balaban J connectivity index is 2.13. The summed E-state index contributed by atoms with van der Waals surface area (Å²) in [5, 5.41) is 24.0. The van der Waals surface area contributed by atoms with Gasteiger partial charge < -0.3 is 9.84 Å². The van der Waals surface area contributed by atoms with E-state index in [-0.39, 0.29) is 27.1 Å². The summed E-state index contributed by atoms with van der Waals surface area (Å²) in [5.41, 5.74) is 2.01. The average molecular weight is 498 g/mol. The van der Waals surface area contributed by atoms with Crippen LogP contribution < -0.4 is 9.46 Å². The molecule has 0 unspecified atom stereocenters. The number of benzene rings is 2. The third-order valence-corrected chi connectivity index (χ3v) is 7.42. The number of H-pyrrole nitrogens is 1. The number of aliphatic hydroxyl groups is 1. The third kappa shape index (κ3) is 4.86. The van der Waals surface area contributed by atoms with Crippen molar-refractivity contribution in [1.82, 2.24) is 25.3 Å². The largest absolute Gasteiger partial charge is 0.495 e. The van der Waals surface area contributed by atoms with Gasteiger partial charge in [0.25, 0.3) is 0 Å². The Hall–Kier alpha value is -2.60. The Kier molecular flexibility index (Phi) is 7.37. The van der Waals surface area contributed by atoms with Gasteiger partial charge in [-0.15, -0.1) is 10.2 Å². The smallest absolute Gasteiger partial charge is 0.244 e. The lowest BCUT2D eigenvalue weighted by molar-refractivity contribution is 0.193. The van der Waals surface area contributed by atoms with Crippen molar-refractivity contribution >= 4 is 21.6 Å². The Labute approximate surface area is 196 Å². The molecule has 0 amide bonds. The number of aromatic nitrogens is 4. The molecule has 2 aromatic carbocycles. The van der Waals surface area contributed by atoms with Crippen LogP contribution in [0.1, 0.15) is 60.0 Å². The van der Waals surface area contributed by atoms with Crippen molar-refractivity contribution in [2.75, 3.05) is 7.11 Å². The monoisotopic (exact) mass is 497 g/mol. The first-order valence-electron chi connectivity index (χ1n) is 10.0. The van der Waals surface area contributed by atoms with Crippen molar-refractivity contribution in [3.05, 3.63) is 63.2 Å². The van der Waals surface area contributed by atoms with E-state index in [1.165, 1.54) is 32.2 Å². The van der Waals surface area contributed by atoms with E-state index in [0.717, 1.165) is 5.56 Å². The molecule has 3 N–H and O–H groups in total. The van der Waals surface area contributed by atoms with Crippen molar-refractivity contribution < 1.29 is 22.7 Å². The zero-order valence-corrected chi connectivity index (χ0v) is 20.3. The topological polar surface area (TPSA) is 130 Å². The summed E-state index contributed by atoms with van der Waals surface area (Å²) in [7, 11) is -3.00. The van der Waals surface area contributed by atoms with Crippen LogP contribution in [0.5, 0.6) is 5.75 Å². The highest BCUT2D eigenvalue weighted by molar-refractivity contribution is 7.89. The molecule has 0 bridgehead atoms. The molecule has 12 heteroatoms. The Morgan fingerprint density at radius 2 is 1.88 bits per heavy atom. The normalized spacial score (nSPS) is 14.7. The number of aromatic amines is 1. The minimum absolute atomic E-state index is 0.0371. The predicted molar refractivity (Wildman–Crippen MR) is 120 cm³/mol. The summed E-state index contributed by atoms with van der Waals surface area (Å²) in [4.78, 5) is -0.243. The molecular weight excluding hydrogens is 473 g/mol. The number of halogens is 2. The number of sulfonamides is 1. The van der Waals surface area contributed by atoms with E-state index in [4.69, 9.17) is 16.3 Å². The number of nitrogens with zero attached hydrogens (tertiary/aromatic N) is 3. The molecule has 178 valence electrons. The standard InChI is InChI=1S/C21H25ClFN5O4S/c1-10-6-8-15(23)17(11(10)2)12(3)19(21-24-27-28-25-21)26-33(30,31)16-9-7-14(22)18(13(4)29)20(16)32-5/h6-9,12-13,19,26,29H,1-5H3,(H,24,25,27,28)/t12-,13-,19+/m1/s1. The van der Waals surface area contributed by atoms with Gasteiger partial charge >= 0.3 is 0 Å². The Morgan fingerprint density at radius 3 is 2.45 bits per heavy atom. The van der Waals surface area contributed by atoms with Gasteiger partial charge in [0.2, 0.25) is 10.0 Å². The SMILES string of the molecule is COc1c(S(=O)(=O)N[C@H](c2nn[nH]n2)[C@H](C)c2c(F)ccc(C)c2C)ccc(Cl)c1[C@@H](C)O. The quantitative estimate of drug-likeness (QED) is 0.434. The number of rotatable bonds is 8. The maximum Gasteiger partial charge on any atom is 0.244 e. The molecule has 0 aliphatic carbocycles. The van der Waals surface area contributed by atoms with Gasteiger partial charge in [0.1, 0.15) is 16.5 Å². The number of tetrazole rings is 1. The van der Waals surface area contributed by atoms with E-state index in [2.05, 4.69) is 25.3 Å². The number of ether oxygens (including phenoxy) is 1. The number of nitrogens with one attached hydrogen (secondary N) is 2. The number of hydrogen-bond donors (Lipinski definition) is 3. The van der Waals surface area contributed by atoms with Gasteiger partial charge in [-0.1, -0.05) is 29.8 Å². The lowest BCUT2D eigenvalue weighted by Crippen LogP contribution is -2.33. The van der Waals surface area contributed by atoms with Crippen LogP contribution in [0.25, 0.3) is 0 Å². The lowest BCUT2D eigenvalue weighted by Gasteiger charge is -2.26. The molecule has 3 rings (SSSR count). The van der Waals surface area contributed by atoms with Crippen LogP contribution in [0.4, 0.5) is 4.39 Å². The second-order valence-corrected chi connectivity index (χ2v) is 9.82. The summed E-state index contributed by atoms with van der Waals surface area (Å²) < 4.78 is 49.7. The van der Waals surface area contributed by atoms with E-state index < -0.39 is 33.9 Å². The minimum Gasteiger partial charge on any atom is -0.495 e. The molecule has 33 heavy (non-hydrogen) atoms. The van der Waals surface area contributed by atoms with E-state index in [1.54, 1.807) is 19.9 Å². The van der Waals surface area contributed by atoms with Crippen molar-refractivity contribution in [2.45, 2.75) is 50.7 Å². The third-order valence-electron chi connectivity index (χ3n) is 5.63. The first-order chi connectivity index (χ1) is 15.5. The Morgan fingerprint density at radius 1 is 1.18 bits per heavy atom. The molecule has 0 aliphatic rings. The van der Waals surface area contributed by atoms with Crippen LogP contribution in [-0.2, 0) is 10.0 Å². The van der Waals surface area contributed by atoms with Crippen LogP contribution in [0, 0.1) is 19.7 Å². The zero-order valence-electron chi connectivity index (χ0n) is 18.7. The van der Waals surface area contributed by atoms with Crippen LogP contribution in [0.2, 0.25) is 5.02 Å². The summed E-state index contributed by atoms with van der Waals surface area (Å²) in [6.45, 7) is 6.73. The van der Waals surface area contributed by atoms with Crippen molar-refractivity contribution in [2.24, 2.45) is 0 Å². The van der Waals surface area contributed by atoms with Crippen LogP contribution in [0.3, 0.4) is 0 Å². The molecule has 1 heterocycles. The molecule has 1 aromatic heterocycles. The van der Waals surface area contributed by atoms with Gasteiger partial charge in [-0.05, 0) is 55.7 Å². The summed E-state index contributed by atoms with van der Waals surface area (Å²) in [5.74, 6) is -1.23. The highest BCUT2D eigenvalue weighted by atomic mass is 35.5. The van der Waals surface area contributed by atoms with Crippen molar-refractivity contribution in [3.63, 3.8) is 0 Å². The summed E-state index contributed by atoms with van der Waals surface area (Å²) in [6.07, 6.45) is -1.08. The number of aliphatic hydroxyl groups excluding tert-OH is 1. The second-order valence-electron chi connectivity index (χ2n) is 7.73. The van der Waals surface area contributed by atoms with Crippen LogP contribution in [0.15, 0.2) is 29.2 Å². The van der Waals surface area contributed by atoms with Crippen molar-refractivity contribution in [1.29, 1.82) is 0 Å². The molecule has 0 aliphatic heterocycles. The van der Waals surface area contributed by atoms with Gasteiger partial charge in [-0.2, -0.15) is 9.94 Å². The van der Waals surface area contributed by atoms with Crippen LogP contribution in [-0.4, -0.2) is 41.3 Å². The minimum atomic E-state index is -4.28. The van der Waals surface area contributed by atoms with Gasteiger partial charge in [-0.25, -0.2) is 12.8 Å². The Bertz CT molecular complexity index is 1250. The molecule has 0 saturated heterocycles. The average Bonchev–Trinajstić information content (AvgIpc) is 3.28. The molecule has 3 atom stereocenters. The summed E-state index contributed by atoms with van der Waals surface area (Å²) >= 11 is 6.16. The molecule has 0 spiro atoms. The molecule has 0 radical (unpaired) electrons. The number of methoxy groups -OCH3 is 1. The van der Waals surface area contributed by atoms with E-state index in [9.17, 15) is 17.9 Å². The zero-order chi connectivity index (χ0) is 24.5. The molecule has 9 nitrogen and oxygen atoms in total. The highest BCUT2D eigenvalue weighted by Crippen LogP contribution is 2.39. The summed E-state index contributed by atoms with van der Waals surface area (Å²) in [6, 6.07) is 4.56. The fourth-order valence-electron chi connectivity index (χ4n) is 3.81. The maximum absolute atomic E-state index is 14.8. The molecular formula is C21H25ClFN5O4S. The van der Waals surface area contributed by atoms with E-state index >= 15 is 0 Å². The first kappa shape index (κ1) is 25.0. The van der Waals surface area contributed by atoms with Crippen molar-refractivity contribution in [3.8, 4) is 5.75 Å². The van der Waals surface area contributed by atoms with E-state index in [0.29, 0.717) is 11.1 Å². The van der Waals surface area contributed by atoms with Gasteiger partial charge in [0.05, 0.1) is 24.3 Å². The predicted octanol–water partition coefficient (Wildman–Crippen LogP) is 3.49. The van der Waals surface area contributed by atoms with E-state index in [1.807, 2.05) is 6.92 Å². The maximum atomic E-state index is 14.8. The lowest BCUT2D eigenvalue weighted by atomic mass is 9.88. The molecule has 3 aromatic rings. The second kappa shape index (κ2) is 9.72. The van der Waals surface area contributed by atoms with Gasteiger partial charge in [0, 0.05) is 11.5 Å². The van der Waals surface area contributed by atoms with Crippen LogP contribution >= 0.6 is 11.6 Å². The fourth-order valence-corrected chi connectivity index (χ4v) is 5.57. The molecule has 0 saturated carbocycles. The van der Waals surface area contributed by atoms with Gasteiger partial charge in [0.15, 0.2) is 5.82 Å². The number of aryl methyl sites for hydroxylation is 1. The first-order valence-corrected chi connectivity index (χ1v) is 11.9. The fraction of sp³-hybridized carbons (Fsp3) is 0.381. The highest BCUT2D eigenvalue weighted by Gasteiger charge is 2.34. The van der Waals surface area contributed by atoms with Gasteiger partial charge in [-0.3, -0.25) is 0 Å². The number of hydrogen-bond acceptors (Lipinski definition) is 7. The molecule has 0 fully saturated rings.